The summed E-state index contributed by atoms with van der Waals surface area (Å²) in [5, 5.41) is 14.9. The smallest absolute Gasteiger partial charge is 0.293 e. The van der Waals surface area contributed by atoms with Gasteiger partial charge in [-0.25, -0.2) is 9.89 Å². The number of halogens is 1. The number of hydrogen-bond donors (Lipinski definition) is 1. The largest absolute Gasteiger partial charge is 0.329 e. The van der Waals surface area contributed by atoms with Crippen molar-refractivity contribution in [3.05, 3.63) is 106 Å². The van der Waals surface area contributed by atoms with Crippen LogP contribution in [-0.4, -0.2) is 34.7 Å². The molecule has 1 N–H and O–H groups in total. The lowest BCUT2D eigenvalue weighted by Gasteiger charge is -2.19. The molecule has 1 atom stereocenters. The van der Waals surface area contributed by atoms with E-state index in [1.165, 1.54) is 0 Å². The van der Waals surface area contributed by atoms with Gasteiger partial charge >= 0.3 is 5.69 Å². The summed E-state index contributed by atoms with van der Waals surface area (Å²) in [6, 6.07) is 19.4. The number of nitrogens with one attached hydrogen (secondary N) is 1. The number of nitrogens with zero attached hydrogens (tertiary/aromatic N) is 6. The van der Waals surface area contributed by atoms with E-state index < -0.39 is 0 Å². The summed E-state index contributed by atoms with van der Waals surface area (Å²) in [6.07, 6.45) is 7.21. The first-order valence-electron chi connectivity index (χ1n) is 11.5. The third-order valence-electron chi connectivity index (χ3n) is 6.03. The van der Waals surface area contributed by atoms with Crippen LogP contribution in [0.25, 0.3) is 22.5 Å². The van der Waals surface area contributed by atoms with Crippen LogP contribution in [0.15, 0.2) is 84.0 Å². The molecule has 0 aliphatic heterocycles. The third kappa shape index (κ3) is 4.65. The van der Waals surface area contributed by atoms with Gasteiger partial charge in [0.1, 0.15) is 0 Å². The van der Waals surface area contributed by atoms with E-state index in [9.17, 15) is 4.79 Å². The molecule has 2 aromatic carbocycles. The average Bonchev–Trinajstić information content (AvgIpc) is 3.55. The van der Waals surface area contributed by atoms with Gasteiger partial charge < -0.3 is 0 Å². The maximum Gasteiger partial charge on any atom is 0.329 e. The first-order chi connectivity index (χ1) is 17.2. The Labute approximate surface area is 207 Å². The number of aromatic nitrogens is 7. The highest BCUT2D eigenvalue weighted by Gasteiger charge is 2.19. The van der Waals surface area contributed by atoms with E-state index in [4.69, 9.17) is 11.6 Å². The standard InChI is InChI=1S/C26H24ClN7O/c1-2-7-24(22-10-5-6-11-23(22)27)34-15-14-33(26(34)35)17-19-13-12-18(16-28-19)20-8-3-4-9-21(20)25-29-31-32-30-25/h3-6,8-16,24H,2,7,17H2,1H3,(H,29,30,31,32). The van der Waals surface area contributed by atoms with E-state index in [0.717, 1.165) is 40.8 Å². The summed E-state index contributed by atoms with van der Waals surface area (Å²) in [4.78, 5) is 17.9. The highest BCUT2D eigenvalue weighted by atomic mass is 35.5. The molecular formula is C26H24ClN7O. The molecule has 0 radical (unpaired) electrons. The van der Waals surface area contributed by atoms with Gasteiger partial charge in [0.15, 0.2) is 5.82 Å². The van der Waals surface area contributed by atoms with Crippen molar-refractivity contribution in [2.24, 2.45) is 0 Å². The fourth-order valence-electron chi connectivity index (χ4n) is 4.32. The average molecular weight is 486 g/mol. The van der Waals surface area contributed by atoms with Gasteiger partial charge in [0.05, 0.1) is 18.3 Å². The topological polar surface area (TPSA) is 94.3 Å². The van der Waals surface area contributed by atoms with Crippen LogP contribution in [0.1, 0.15) is 37.1 Å². The Balaban J connectivity index is 1.40. The number of hydrogen-bond acceptors (Lipinski definition) is 5. The SMILES string of the molecule is CCCC(c1ccccc1Cl)n1ccn(Cc2ccc(-c3ccccc3-c3nnn[nH]3)cn2)c1=O. The highest BCUT2D eigenvalue weighted by Crippen LogP contribution is 2.30. The summed E-state index contributed by atoms with van der Waals surface area (Å²) < 4.78 is 3.44. The zero-order valence-electron chi connectivity index (χ0n) is 19.2. The van der Waals surface area contributed by atoms with Gasteiger partial charge in [-0.05, 0) is 40.1 Å². The van der Waals surface area contributed by atoms with E-state index in [0.29, 0.717) is 17.4 Å². The molecule has 0 aliphatic carbocycles. The van der Waals surface area contributed by atoms with Gasteiger partial charge in [0.25, 0.3) is 0 Å². The van der Waals surface area contributed by atoms with Gasteiger partial charge in [-0.1, -0.05) is 73.5 Å². The lowest BCUT2D eigenvalue weighted by atomic mass is 10.0. The quantitative estimate of drug-likeness (QED) is 0.334. The van der Waals surface area contributed by atoms with Crippen molar-refractivity contribution in [3.63, 3.8) is 0 Å². The van der Waals surface area contributed by atoms with Crippen molar-refractivity contribution in [2.45, 2.75) is 32.4 Å². The van der Waals surface area contributed by atoms with Crippen LogP contribution in [0.4, 0.5) is 0 Å². The molecule has 0 saturated carbocycles. The molecule has 0 spiro atoms. The molecule has 1 unspecified atom stereocenters. The summed E-state index contributed by atoms with van der Waals surface area (Å²) in [7, 11) is 0. The van der Waals surface area contributed by atoms with Gasteiger partial charge in [0, 0.05) is 34.7 Å². The van der Waals surface area contributed by atoms with E-state index in [-0.39, 0.29) is 11.7 Å². The number of tetrazole rings is 1. The maximum atomic E-state index is 13.3. The van der Waals surface area contributed by atoms with Crippen molar-refractivity contribution >= 4 is 11.6 Å². The number of aromatic amines is 1. The molecule has 5 rings (SSSR count). The molecule has 0 bridgehead atoms. The summed E-state index contributed by atoms with van der Waals surface area (Å²) in [6.45, 7) is 2.48. The lowest BCUT2D eigenvalue weighted by molar-refractivity contribution is 0.508. The summed E-state index contributed by atoms with van der Waals surface area (Å²) in [5.74, 6) is 0.595. The Bertz CT molecular complexity index is 1470. The van der Waals surface area contributed by atoms with Crippen molar-refractivity contribution in [1.82, 2.24) is 34.7 Å². The van der Waals surface area contributed by atoms with E-state index in [1.807, 2.05) is 79.3 Å². The number of pyridine rings is 1. The van der Waals surface area contributed by atoms with Crippen LogP contribution < -0.4 is 5.69 Å². The minimum atomic E-state index is -0.111. The van der Waals surface area contributed by atoms with Crippen LogP contribution in [0.5, 0.6) is 0 Å². The Morgan fingerprint density at radius 1 is 1.00 bits per heavy atom. The predicted molar refractivity (Wildman–Crippen MR) is 135 cm³/mol. The molecule has 0 saturated heterocycles. The molecular weight excluding hydrogens is 462 g/mol. The van der Waals surface area contributed by atoms with E-state index in [2.05, 4.69) is 32.5 Å². The normalized spacial score (nSPS) is 12.1. The Morgan fingerprint density at radius 2 is 1.80 bits per heavy atom. The zero-order valence-corrected chi connectivity index (χ0v) is 19.9. The molecule has 3 heterocycles. The predicted octanol–water partition coefficient (Wildman–Crippen LogP) is 4.98. The van der Waals surface area contributed by atoms with Crippen LogP contribution in [0.2, 0.25) is 5.02 Å². The minimum Gasteiger partial charge on any atom is -0.293 e. The second-order valence-corrected chi connectivity index (χ2v) is 8.68. The molecule has 0 fully saturated rings. The molecule has 0 amide bonds. The zero-order chi connectivity index (χ0) is 24.2. The molecule has 8 nitrogen and oxygen atoms in total. The molecule has 35 heavy (non-hydrogen) atoms. The minimum absolute atomic E-state index is 0.0857. The number of benzene rings is 2. The van der Waals surface area contributed by atoms with Gasteiger partial charge in [-0.3, -0.25) is 14.1 Å². The maximum absolute atomic E-state index is 13.3. The number of H-pyrrole nitrogens is 1. The fourth-order valence-corrected chi connectivity index (χ4v) is 4.58. The Hall–Kier alpha value is -4.04. The van der Waals surface area contributed by atoms with Crippen LogP contribution >= 0.6 is 11.6 Å². The fraction of sp³-hybridized carbons (Fsp3) is 0.192. The molecule has 0 aliphatic rings. The highest BCUT2D eigenvalue weighted by molar-refractivity contribution is 6.31. The van der Waals surface area contributed by atoms with Crippen molar-refractivity contribution in [3.8, 4) is 22.5 Å². The Kier molecular flexibility index (Phi) is 6.54. The van der Waals surface area contributed by atoms with Crippen LogP contribution in [0, 0.1) is 0 Å². The second kappa shape index (κ2) is 10.1. The first-order valence-corrected chi connectivity index (χ1v) is 11.8. The first kappa shape index (κ1) is 22.7. The van der Waals surface area contributed by atoms with Crippen molar-refractivity contribution in [1.29, 1.82) is 0 Å². The second-order valence-electron chi connectivity index (χ2n) is 8.28. The monoisotopic (exact) mass is 485 g/mol. The summed E-state index contributed by atoms with van der Waals surface area (Å²) >= 11 is 6.46. The number of imidazole rings is 1. The molecule has 176 valence electrons. The van der Waals surface area contributed by atoms with E-state index in [1.54, 1.807) is 9.13 Å². The Morgan fingerprint density at radius 3 is 2.51 bits per heavy atom. The van der Waals surface area contributed by atoms with Gasteiger partial charge in [0.2, 0.25) is 0 Å². The van der Waals surface area contributed by atoms with Crippen LogP contribution in [-0.2, 0) is 6.54 Å². The van der Waals surface area contributed by atoms with Gasteiger partial charge in [-0.15, -0.1) is 5.10 Å². The summed E-state index contributed by atoms with van der Waals surface area (Å²) in [5.41, 5.74) is 4.46. The molecule has 9 heteroatoms. The van der Waals surface area contributed by atoms with Gasteiger partial charge in [-0.2, -0.15) is 0 Å². The van der Waals surface area contributed by atoms with Crippen LogP contribution in [0.3, 0.4) is 0 Å². The third-order valence-corrected chi connectivity index (χ3v) is 6.38. The number of rotatable bonds is 8. The van der Waals surface area contributed by atoms with Crippen molar-refractivity contribution in [2.75, 3.05) is 0 Å². The van der Waals surface area contributed by atoms with E-state index >= 15 is 0 Å². The lowest BCUT2D eigenvalue weighted by Crippen LogP contribution is -2.28. The van der Waals surface area contributed by atoms with Crippen molar-refractivity contribution < 1.29 is 0 Å². The molecule has 5 aromatic rings. The molecule has 3 aromatic heterocycles.